The number of carbonyl (C=O) groups excluding carboxylic acids is 1. The van der Waals surface area contributed by atoms with Crippen molar-refractivity contribution < 1.29 is 19.0 Å². The maximum Gasteiger partial charge on any atom is 0.310 e. The smallest absolute Gasteiger partial charge is 0.310 e. The molecule has 0 amide bonds. The molecule has 1 aromatic rings. The van der Waals surface area contributed by atoms with Gasteiger partial charge in [0, 0.05) is 0 Å². The third kappa shape index (κ3) is 3.42. The van der Waals surface area contributed by atoms with Crippen LogP contribution in [0.5, 0.6) is 11.5 Å². The highest BCUT2D eigenvalue weighted by Crippen LogP contribution is 2.59. The van der Waals surface area contributed by atoms with Crippen LogP contribution < -0.4 is 9.47 Å². The standard InChI is InChI=1S/C20H26O4/c1-13(2)10-15-18(20(15,3)4)19(21)22-9-5-6-14-7-8-16-17(11-14)24-12-23-16/h7-8,10-11,15,18H,5-6,9,12H2,1-4H3/t15-,18+/m0/s1. The van der Waals surface area contributed by atoms with Gasteiger partial charge < -0.3 is 14.2 Å². The van der Waals surface area contributed by atoms with E-state index in [0.29, 0.717) is 19.3 Å². The summed E-state index contributed by atoms with van der Waals surface area (Å²) in [6.45, 7) is 9.16. The van der Waals surface area contributed by atoms with E-state index in [4.69, 9.17) is 14.2 Å². The van der Waals surface area contributed by atoms with Crippen LogP contribution in [0.15, 0.2) is 29.8 Å². The van der Waals surface area contributed by atoms with E-state index in [0.717, 1.165) is 24.3 Å². The van der Waals surface area contributed by atoms with Crippen molar-refractivity contribution in [1.82, 2.24) is 0 Å². The molecule has 0 saturated heterocycles. The molecule has 0 N–H and O–H groups in total. The molecular weight excluding hydrogens is 304 g/mol. The Balaban J connectivity index is 1.44. The van der Waals surface area contributed by atoms with Crippen LogP contribution in [0.4, 0.5) is 0 Å². The van der Waals surface area contributed by atoms with Crippen molar-refractivity contribution in [3.8, 4) is 11.5 Å². The molecule has 1 aliphatic carbocycles. The SMILES string of the molecule is CC(C)=C[C@H]1[C@H](C(=O)OCCCc2ccc3c(c2)OCO3)C1(C)C. The number of carbonyl (C=O) groups is 1. The molecule has 130 valence electrons. The number of fused-ring (bicyclic) bond motifs is 1. The highest BCUT2D eigenvalue weighted by atomic mass is 16.7. The number of hydrogen-bond donors (Lipinski definition) is 0. The van der Waals surface area contributed by atoms with Crippen LogP contribution >= 0.6 is 0 Å². The minimum absolute atomic E-state index is 0.00190. The average Bonchev–Trinajstić information content (AvgIpc) is 2.87. The molecule has 2 atom stereocenters. The highest BCUT2D eigenvalue weighted by Gasteiger charge is 2.61. The van der Waals surface area contributed by atoms with Crippen LogP contribution in [0, 0.1) is 17.3 Å². The van der Waals surface area contributed by atoms with E-state index < -0.39 is 0 Å². The fraction of sp³-hybridized carbons (Fsp3) is 0.550. The summed E-state index contributed by atoms with van der Waals surface area (Å²) in [5.41, 5.74) is 2.45. The molecule has 24 heavy (non-hydrogen) atoms. The second-order valence-corrected chi connectivity index (χ2v) is 7.53. The number of esters is 1. The van der Waals surface area contributed by atoms with E-state index in [1.807, 2.05) is 18.2 Å². The van der Waals surface area contributed by atoms with E-state index in [9.17, 15) is 4.79 Å². The van der Waals surface area contributed by atoms with Crippen LogP contribution in [0.25, 0.3) is 0 Å². The number of allylic oxidation sites excluding steroid dienone is 2. The quantitative estimate of drug-likeness (QED) is 0.447. The van der Waals surface area contributed by atoms with Gasteiger partial charge in [0.15, 0.2) is 11.5 Å². The molecule has 0 aromatic heterocycles. The molecule has 0 bridgehead atoms. The zero-order valence-electron chi connectivity index (χ0n) is 14.9. The van der Waals surface area contributed by atoms with Gasteiger partial charge in [0.2, 0.25) is 6.79 Å². The van der Waals surface area contributed by atoms with Gasteiger partial charge in [0.1, 0.15) is 0 Å². The second kappa shape index (κ2) is 6.50. The van der Waals surface area contributed by atoms with Gasteiger partial charge in [-0.1, -0.05) is 31.6 Å². The maximum absolute atomic E-state index is 12.3. The Kier molecular flexibility index (Phi) is 4.57. The van der Waals surface area contributed by atoms with Crippen molar-refractivity contribution in [2.45, 2.75) is 40.5 Å². The lowest BCUT2D eigenvalue weighted by molar-refractivity contribution is -0.146. The molecule has 0 unspecified atom stereocenters. The van der Waals surface area contributed by atoms with Crippen molar-refractivity contribution in [2.75, 3.05) is 13.4 Å². The molecule has 0 radical (unpaired) electrons. The fourth-order valence-electron chi connectivity index (χ4n) is 3.43. The largest absolute Gasteiger partial charge is 0.465 e. The Bertz CT molecular complexity index is 656. The monoisotopic (exact) mass is 330 g/mol. The Hall–Kier alpha value is -1.97. The normalized spacial score (nSPS) is 22.8. The van der Waals surface area contributed by atoms with E-state index in [-0.39, 0.29) is 17.3 Å². The Labute approximate surface area is 143 Å². The number of hydrogen-bond acceptors (Lipinski definition) is 4. The Morgan fingerprint density at radius 2 is 2.04 bits per heavy atom. The van der Waals surface area contributed by atoms with Crippen LogP contribution in [-0.4, -0.2) is 19.4 Å². The summed E-state index contributed by atoms with van der Waals surface area (Å²) in [4.78, 5) is 12.3. The van der Waals surface area contributed by atoms with Gasteiger partial charge in [-0.3, -0.25) is 4.79 Å². The summed E-state index contributed by atoms with van der Waals surface area (Å²) in [5, 5.41) is 0. The molecule has 2 aliphatic rings. The lowest BCUT2D eigenvalue weighted by Crippen LogP contribution is -2.12. The topological polar surface area (TPSA) is 44.8 Å². The van der Waals surface area contributed by atoms with E-state index in [1.54, 1.807) is 0 Å². The van der Waals surface area contributed by atoms with Crippen LogP contribution in [-0.2, 0) is 16.0 Å². The van der Waals surface area contributed by atoms with Crippen molar-refractivity contribution in [3.05, 3.63) is 35.4 Å². The van der Waals surface area contributed by atoms with Crippen molar-refractivity contribution >= 4 is 5.97 Å². The first kappa shape index (κ1) is 16.9. The molecule has 3 rings (SSSR count). The summed E-state index contributed by atoms with van der Waals surface area (Å²) >= 11 is 0. The number of rotatable bonds is 6. The van der Waals surface area contributed by atoms with Gasteiger partial charge in [-0.15, -0.1) is 0 Å². The minimum atomic E-state index is -0.0619. The summed E-state index contributed by atoms with van der Waals surface area (Å²) in [6, 6.07) is 5.96. The Morgan fingerprint density at radius 3 is 2.79 bits per heavy atom. The third-order valence-corrected chi connectivity index (χ3v) is 4.97. The lowest BCUT2D eigenvalue weighted by Gasteiger charge is -2.06. The highest BCUT2D eigenvalue weighted by molar-refractivity contribution is 5.78. The fourth-order valence-corrected chi connectivity index (χ4v) is 3.43. The van der Waals surface area contributed by atoms with E-state index in [2.05, 4.69) is 33.8 Å². The lowest BCUT2D eigenvalue weighted by atomic mass is 10.1. The predicted octanol–water partition coefficient (Wildman–Crippen LogP) is 4.13. The molecule has 1 aromatic carbocycles. The molecule has 1 fully saturated rings. The number of ether oxygens (including phenoxy) is 3. The first-order valence-corrected chi connectivity index (χ1v) is 8.60. The zero-order valence-corrected chi connectivity index (χ0v) is 14.9. The van der Waals surface area contributed by atoms with Gasteiger partial charge in [0.05, 0.1) is 12.5 Å². The molecular formula is C20H26O4. The van der Waals surface area contributed by atoms with Crippen molar-refractivity contribution in [2.24, 2.45) is 17.3 Å². The number of aryl methyl sites for hydroxylation is 1. The third-order valence-electron chi connectivity index (χ3n) is 4.97. The maximum atomic E-state index is 12.3. The van der Waals surface area contributed by atoms with Gasteiger partial charge >= 0.3 is 5.97 Å². The van der Waals surface area contributed by atoms with E-state index >= 15 is 0 Å². The summed E-state index contributed by atoms with van der Waals surface area (Å²) in [5.74, 6) is 1.84. The first-order chi connectivity index (χ1) is 11.4. The van der Waals surface area contributed by atoms with Gasteiger partial charge in [0.25, 0.3) is 0 Å². The van der Waals surface area contributed by atoms with Crippen molar-refractivity contribution in [1.29, 1.82) is 0 Å². The number of benzene rings is 1. The molecule has 4 heteroatoms. The van der Waals surface area contributed by atoms with Crippen molar-refractivity contribution in [3.63, 3.8) is 0 Å². The molecule has 1 heterocycles. The van der Waals surface area contributed by atoms with Crippen LogP contribution in [0.3, 0.4) is 0 Å². The van der Waals surface area contributed by atoms with Gasteiger partial charge in [-0.25, -0.2) is 0 Å². The van der Waals surface area contributed by atoms with E-state index in [1.165, 1.54) is 11.1 Å². The summed E-state index contributed by atoms with van der Waals surface area (Å²) in [7, 11) is 0. The Morgan fingerprint density at radius 1 is 1.29 bits per heavy atom. The van der Waals surface area contributed by atoms with Crippen LogP contribution in [0.1, 0.15) is 39.7 Å². The van der Waals surface area contributed by atoms with Gasteiger partial charge in [-0.05, 0) is 55.7 Å². The second-order valence-electron chi connectivity index (χ2n) is 7.53. The zero-order chi connectivity index (χ0) is 17.3. The molecule has 1 aliphatic heterocycles. The van der Waals surface area contributed by atoms with Crippen LogP contribution in [0.2, 0.25) is 0 Å². The minimum Gasteiger partial charge on any atom is -0.465 e. The average molecular weight is 330 g/mol. The molecule has 1 saturated carbocycles. The van der Waals surface area contributed by atoms with Gasteiger partial charge in [-0.2, -0.15) is 0 Å². The molecule has 4 nitrogen and oxygen atoms in total. The summed E-state index contributed by atoms with van der Waals surface area (Å²) in [6.07, 6.45) is 3.86. The first-order valence-electron chi connectivity index (χ1n) is 8.60. The molecule has 0 spiro atoms. The predicted molar refractivity (Wildman–Crippen MR) is 92.0 cm³/mol. The summed E-state index contributed by atoms with van der Waals surface area (Å²) < 4.78 is 16.2.